The van der Waals surface area contributed by atoms with Gasteiger partial charge in [-0.2, -0.15) is 0 Å². The maximum atomic E-state index is 13.2. The van der Waals surface area contributed by atoms with E-state index in [0.717, 1.165) is 24.0 Å². The second-order valence-electron chi connectivity index (χ2n) is 4.42. The lowest BCUT2D eigenvalue weighted by molar-refractivity contribution is 0.621. The zero-order valence-electron chi connectivity index (χ0n) is 10.6. The molecule has 100 valence electrons. The summed E-state index contributed by atoms with van der Waals surface area (Å²) in [6, 6.07) is 4.85. The van der Waals surface area contributed by atoms with Crippen LogP contribution in [-0.2, 0) is 6.42 Å². The number of nitrogens with zero attached hydrogens (tertiary/aromatic N) is 2. The Balaban J connectivity index is 2.20. The monoisotopic (exact) mass is 323 g/mol. The molecule has 2 N–H and O–H groups in total. The van der Waals surface area contributed by atoms with Crippen molar-refractivity contribution in [3.05, 3.63) is 46.4 Å². The van der Waals surface area contributed by atoms with Crippen molar-refractivity contribution >= 4 is 15.9 Å². The molecule has 0 fully saturated rings. The Hall–Kier alpha value is -1.33. The van der Waals surface area contributed by atoms with Crippen LogP contribution in [0.4, 0.5) is 4.39 Å². The van der Waals surface area contributed by atoms with Crippen LogP contribution in [0.25, 0.3) is 11.4 Å². The predicted octanol–water partition coefficient (Wildman–Crippen LogP) is 3.33. The molecule has 0 saturated heterocycles. The van der Waals surface area contributed by atoms with Gasteiger partial charge in [0.15, 0.2) is 5.82 Å². The van der Waals surface area contributed by atoms with E-state index in [1.54, 1.807) is 24.5 Å². The Bertz CT molecular complexity index is 557. The lowest BCUT2D eigenvalue weighted by atomic mass is 10.1. The molecular weight excluding hydrogens is 309 g/mol. The van der Waals surface area contributed by atoms with E-state index in [0.29, 0.717) is 10.3 Å². The summed E-state index contributed by atoms with van der Waals surface area (Å²) in [5.74, 6) is 0.281. The summed E-state index contributed by atoms with van der Waals surface area (Å²) < 4.78 is 13.6. The molecule has 0 bridgehead atoms. The molecule has 0 saturated carbocycles. The van der Waals surface area contributed by atoms with Gasteiger partial charge in [-0.25, -0.2) is 14.4 Å². The highest BCUT2D eigenvalue weighted by Crippen LogP contribution is 2.22. The minimum atomic E-state index is -0.297. The first kappa shape index (κ1) is 14.1. The quantitative estimate of drug-likeness (QED) is 0.938. The van der Waals surface area contributed by atoms with Crippen LogP contribution in [0.5, 0.6) is 0 Å². The van der Waals surface area contributed by atoms with Crippen LogP contribution >= 0.6 is 15.9 Å². The van der Waals surface area contributed by atoms with Gasteiger partial charge in [0.1, 0.15) is 5.82 Å². The van der Waals surface area contributed by atoms with Crippen LogP contribution < -0.4 is 5.73 Å². The van der Waals surface area contributed by atoms with Crippen LogP contribution in [0.3, 0.4) is 0 Å². The van der Waals surface area contributed by atoms with Gasteiger partial charge in [-0.1, -0.05) is 6.92 Å². The standard InChI is InChI=1S/C14H15BrFN3/c1-2-11(17)5-9-7-18-14(19-8-9)10-3-4-13(16)12(15)6-10/h3-4,6-8,11H,2,5,17H2,1H3. The van der Waals surface area contributed by atoms with E-state index in [2.05, 4.69) is 32.8 Å². The molecular formula is C14H15BrFN3. The number of halogens is 2. The van der Waals surface area contributed by atoms with Gasteiger partial charge in [0.05, 0.1) is 4.47 Å². The van der Waals surface area contributed by atoms with Gasteiger partial charge in [-0.05, 0) is 52.5 Å². The molecule has 2 aromatic rings. The van der Waals surface area contributed by atoms with Crippen LogP contribution in [0.15, 0.2) is 35.1 Å². The van der Waals surface area contributed by atoms with Gasteiger partial charge in [0.2, 0.25) is 0 Å². The first-order valence-corrected chi connectivity index (χ1v) is 6.91. The van der Waals surface area contributed by atoms with E-state index in [1.165, 1.54) is 6.07 Å². The Morgan fingerprint density at radius 1 is 1.32 bits per heavy atom. The number of hydrogen-bond acceptors (Lipinski definition) is 3. The van der Waals surface area contributed by atoms with Gasteiger partial charge >= 0.3 is 0 Å². The molecule has 0 aliphatic carbocycles. The van der Waals surface area contributed by atoms with Crippen molar-refractivity contribution < 1.29 is 4.39 Å². The predicted molar refractivity (Wildman–Crippen MR) is 77.1 cm³/mol. The molecule has 19 heavy (non-hydrogen) atoms. The van der Waals surface area contributed by atoms with Gasteiger partial charge in [0.25, 0.3) is 0 Å². The summed E-state index contributed by atoms with van der Waals surface area (Å²) in [5, 5.41) is 0. The third-order valence-corrected chi connectivity index (χ3v) is 3.51. The van der Waals surface area contributed by atoms with E-state index >= 15 is 0 Å². The summed E-state index contributed by atoms with van der Waals surface area (Å²) in [4.78, 5) is 8.59. The molecule has 0 aliphatic heterocycles. The molecule has 1 unspecified atom stereocenters. The Labute approximate surface area is 120 Å². The van der Waals surface area contributed by atoms with Crippen molar-refractivity contribution in [3.8, 4) is 11.4 Å². The van der Waals surface area contributed by atoms with Gasteiger partial charge in [0, 0.05) is 24.0 Å². The van der Waals surface area contributed by atoms with Crippen LogP contribution in [-0.4, -0.2) is 16.0 Å². The Kier molecular flexibility index (Phi) is 4.61. The zero-order valence-corrected chi connectivity index (χ0v) is 12.2. The normalized spacial score (nSPS) is 12.4. The lowest BCUT2D eigenvalue weighted by Gasteiger charge is -2.08. The summed E-state index contributed by atoms with van der Waals surface area (Å²) in [6.07, 6.45) is 5.24. The van der Waals surface area contributed by atoms with Crippen molar-refractivity contribution in [2.75, 3.05) is 0 Å². The second-order valence-corrected chi connectivity index (χ2v) is 5.27. The number of hydrogen-bond donors (Lipinski definition) is 1. The van der Waals surface area contributed by atoms with E-state index in [-0.39, 0.29) is 11.9 Å². The van der Waals surface area contributed by atoms with Gasteiger partial charge < -0.3 is 5.73 Å². The van der Waals surface area contributed by atoms with Crippen LogP contribution in [0, 0.1) is 5.82 Å². The number of nitrogens with two attached hydrogens (primary N) is 1. The zero-order chi connectivity index (χ0) is 13.8. The molecule has 3 nitrogen and oxygen atoms in total. The maximum Gasteiger partial charge on any atom is 0.159 e. The highest BCUT2D eigenvalue weighted by atomic mass is 79.9. The SMILES string of the molecule is CCC(N)Cc1cnc(-c2ccc(F)c(Br)c2)nc1. The average Bonchev–Trinajstić information content (AvgIpc) is 2.42. The minimum absolute atomic E-state index is 0.134. The third kappa shape index (κ3) is 3.58. The molecule has 1 aromatic heterocycles. The number of benzene rings is 1. The summed E-state index contributed by atoms with van der Waals surface area (Å²) in [7, 11) is 0. The summed E-state index contributed by atoms with van der Waals surface area (Å²) in [6.45, 7) is 2.05. The molecule has 0 spiro atoms. The number of rotatable bonds is 4. The molecule has 1 atom stereocenters. The Morgan fingerprint density at radius 3 is 2.58 bits per heavy atom. The molecule has 0 radical (unpaired) electrons. The van der Waals surface area contributed by atoms with Crippen LogP contribution in [0.2, 0.25) is 0 Å². The van der Waals surface area contributed by atoms with Crippen molar-refractivity contribution in [3.63, 3.8) is 0 Å². The van der Waals surface area contributed by atoms with Crippen molar-refractivity contribution in [1.29, 1.82) is 0 Å². The van der Waals surface area contributed by atoms with E-state index in [9.17, 15) is 4.39 Å². The molecule has 0 aliphatic rings. The fraction of sp³-hybridized carbons (Fsp3) is 0.286. The van der Waals surface area contributed by atoms with E-state index in [1.807, 2.05) is 0 Å². The van der Waals surface area contributed by atoms with Gasteiger partial charge in [-0.15, -0.1) is 0 Å². The van der Waals surface area contributed by atoms with Crippen molar-refractivity contribution in [1.82, 2.24) is 9.97 Å². The first-order valence-electron chi connectivity index (χ1n) is 6.12. The Morgan fingerprint density at radius 2 is 2.00 bits per heavy atom. The van der Waals surface area contributed by atoms with Crippen LogP contribution in [0.1, 0.15) is 18.9 Å². The van der Waals surface area contributed by atoms with Crippen molar-refractivity contribution in [2.24, 2.45) is 5.73 Å². The summed E-state index contributed by atoms with van der Waals surface area (Å²) in [5.41, 5.74) is 7.68. The molecule has 2 rings (SSSR count). The summed E-state index contributed by atoms with van der Waals surface area (Å²) >= 11 is 3.15. The topological polar surface area (TPSA) is 51.8 Å². The lowest BCUT2D eigenvalue weighted by Crippen LogP contribution is -2.21. The van der Waals surface area contributed by atoms with E-state index < -0.39 is 0 Å². The average molecular weight is 324 g/mol. The smallest absolute Gasteiger partial charge is 0.159 e. The highest BCUT2D eigenvalue weighted by molar-refractivity contribution is 9.10. The molecule has 1 heterocycles. The highest BCUT2D eigenvalue weighted by Gasteiger charge is 2.07. The third-order valence-electron chi connectivity index (χ3n) is 2.91. The largest absolute Gasteiger partial charge is 0.327 e. The van der Waals surface area contributed by atoms with Crippen molar-refractivity contribution in [2.45, 2.75) is 25.8 Å². The first-order chi connectivity index (χ1) is 9.10. The minimum Gasteiger partial charge on any atom is -0.327 e. The molecule has 5 heteroatoms. The fourth-order valence-corrected chi connectivity index (χ4v) is 2.07. The number of aromatic nitrogens is 2. The molecule has 0 amide bonds. The van der Waals surface area contributed by atoms with E-state index in [4.69, 9.17) is 5.73 Å². The van der Waals surface area contributed by atoms with Gasteiger partial charge in [-0.3, -0.25) is 0 Å². The molecule has 1 aromatic carbocycles. The maximum absolute atomic E-state index is 13.2. The fourth-order valence-electron chi connectivity index (χ4n) is 1.69. The second kappa shape index (κ2) is 6.21.